The number of rotatable bonds is 4. The van der Waals surface area contributed by atoms with Crippen LogP contribution < -0.4 is 5.73 Å². The summed E-state index contributed by atoms with van der Waals surface area (Å²) in [6.45, 7) is 1.91. The van der Waals surface area contributed by atoms with Gasteiger partial charge in [0.15, 0.2) is 11.4 Å². The monoisotopic (exact) mass is 375 g/mol. The van der Waals surface area contributed by atoms with Gasteiger partial charge in [0.05, 0.1) is 0 Å². The average molecular weight is 375 g/mol. The average Bonchev–Trinajstić information content (AvgIpc) is 2.76. The molecule has 1 unspecified atom stereocenters. The van der Waals surface area contributed by atoms with E-state index in [1.54, 1.807) is 17.2 Å². The molecule has 1 aromatic heterocycles. The second-order valence-corrected chi connectivity index (χ2v) is 7.43. The molecule has 144 valence electrons. The molecule has 5 heteroatoms. The van der Waals surface area contributed by atoms with Gasteiger partial charge >= 0.3 is 0 Å². The second kappa shape index (κ2) is 7.98. The third kappa shape index (κ3) is 3.45. The Balaban J connectivity index is 1.48. The number of piperidine rings is 1. The van der Waals surface area contributed by atoms with Crippen LogP contribution in [0.5, 0.6) is 5.75 Å². The van der Waals surface area contributed by atoms with Gasteiger partial charge in [0.2, 0.25) is 0 Å². The van der Waals surface area contributed by atoms with Crippen LogP contribution in [0, 0.1) is 5.92 Å². The zero-order chi connectivity index (χ0) is 19.5. The molecule has 5 nitrogen and oxygen atoms in total. The SMILES string of the molecule is NCC(c1ccccc1)C1CCN(C(=O)c2ncc3ccccc3c2O)CC1. The number of carbonyl (C=O) groups excluding carboxylic acids is 1. The van der Waals surface area contributed by atoms with Crippen molar-refractivity contribution in [3.63, 3.8) is 0 Å². The molecule has 28 heavy (non-hydrogen) atoms. The molecule has 3 aromatic rings. The Morgan fingerprint density at radius 3 is 2.50 bits per heavy atom. The van der Waals surface area contributed by atoms with Gasteiger partial charge in [-0.1, -0.05) is 54.6 Å². The van der Waals surface area contributed by atoms with E-state index in [2.05, 4.69) is 17.1 Å². The van der Waals surface area contributed by atoms with Gasteiger partial charge in [-0.25, -0.2) is 4.98 Å². The summed E-state index contributed by atoms with van der Waals surface area (Å²) in [7, 11) is 0. The van der Waals surface area contributed by atoms with Crippen molar-refractivity contribution in [2.75, 3.05) is 19.6 Å². The van der Waals surface area contributed by atoms with Crippen molar-refractivity contribution >= 4 is 16.7 Å². The first-order chi connectivity index (χ1) is 13.7. The molecule has 1 atom stereocenters. The van der Waals surface area contributed by atoms with Gasteiger partial charge in [-0.3, -0.25) is 4.79 Å². The van der Waals surface area contributed by atoms with Crippen LogP contribution in [0.25, 0.3) is 10.8 Å². The van der Waals surface area contributed by atoms with Crippen LogP contribution in [0.3, 0.4) is 0 Å². The highest BCUT2D eigenvalue weighted by Crippen LogP contribution is 2.33. The van der Waals surface area contributed by atoms with Crippen LogP contribution in [0.1, 0.15) is 34.8 Å². The smallest absolute Gasteiger partial charge is 0.276 e. The number of aromatic nitrogens is 1. The van der Waals surface area contributed by atoms with Crippen molar-refractivity contribution in [3.8, 4) is 5.75 Å². The molecular formula is C23H25N3O2. The van der Waals surface area contributed by atoms with Crippen molar-refractivity contribution in [2.24, 2.45) is 11.7 Å². The molecule has 0 radical (unpaired) electrons. The summed E-state index contributed by atoms with van der Waals surface area (Å²) in [6.07, 6.45) is 3.45. The van der Waals surface area contributed by atoms with Crippen LogP contribution in [0.15, 0.2) is 60.8 Å². The predicted molar refractivity (Wildman–Crippen MR) is 110 cm³/mol. The Labute approximate surface area is 164 Å². The highest BCUT2D eigenvalue weighted by molar-refractivity contribution is 6.01. The largest absolute Gasteiger partial charge is 0.505 e. The standard InChI is InChI=1S/C23H25N3O2/c24-14-20(16-6-2-1-3-7-16)17-10-12-26(13-11-17)23(28)21-22(27)19-9-5-4-8-18(19)15-25-21/h1-9,15,17,20,27H,10-14,24H2. The van der Waals surface area contributed by atoms with E-state index in [1.165, 1.54) is 5.56 Å². The lowest BCUT2D eigenvalue weighted by atomic mass is 9.80. The van der Waals surface area contributed by atoms with Gasteiger partial charge < -0.3 is 15.7 Å². The molecule has 1 aliphatic rings. The maximum Gasteiger partial charge on any atom is 0.276 e. The normalized spacial score (nSPS) is 16.2. The van der Waals surface area contributed by atoms with Crippen molar-refractivity contribution < 1.29 is 9.90 Å². The third-order valence-corrected chi connectivity index (χ3v) is 5.85. The number of nitrogens with zero attached hydrogens (tertiary/aromatic N) is 2. The van der Waals surface area contributed by atoms with Crippen molar-refractivity contribution in [3.05, 3.63) is 72.1 Å². The van der Waals surface area contributed by atoms with Crippen molar-refractivity contribution in [1.82, 2.24) is 9.88 Å². The van der Waals surface area contributed by atoms with Crippen LogP contribution in [0.4, 0.5) is 0 Å². The number of pyridine rings is 1. The van der Waals surface area contributed by atoms with Crippen molar-refractivity contribution in [1.29, 1.82) is 0 Å². The zero-order valence-electron chi connectivity index (χ0n) is 15.8. The minimum atomic E-state index is -0.203. The van der Waals surface area contributed by atoms with Gasteiger partial charge in [-0.05, 0) is 36.8 Å². The van der Waals surface area contributed by atoms with Crippen LogP contribution in [-0.2, 0) is 0 Å². The summed E-state index contributed by atoms with van der Waals surface area (Å²) in [4.78, 5) is 19.0. The van der Waals surface area contributed by atoms with E-state index in [0.717, 1.165) is 18.2 Å². The lowest BCUT2D eigenvalue weighted by Gasteiger charge is -2.36. The first kappa shape index (κ1) is 18.4. The van der Waals surface area contributed by atoms with E-state index in [1.807, 2.05) is 36.4 Å². The van der Waals surface area contributed by atoms with Crippen LogP contribution in [-0.4, -0.2) is 40.5 Å². The van der Waals surface area contributed by atoms with E-state index in [9.17, 15) is 9.90 Å². The molecule has 4 rings (SSSR count). The molecule has 1 saturated heterocycles. The van der Waals surface area contributed by atoms with E-state index < -0.39 is 0 Å². The summed E-state index contributed by atoms with van der Waals surface area (Å²) in [5, 5.41) is 12.0. The molecule has 0 saturated carbocycles. The van der Waals surface area contributed by atoms with Crippen LogP contribution in [0.2, 0.25) is 0 Å². The van der Waals surface area contributed by atoms with E-state index in [-0.39, 0.29) is 17.4 Å². The van der Waals surface area contributed by atoms with E-state index >= 15 is 0 Å². The number of hydrogen-bond acceptors (Lipinski definition) is 4. The van der Waals surface area contributed by atoms with Gasteiger partial charge in [0.1, 0.15) is 0 Å². The molecule has 0 aliphatic carbocycles. The van der Waals surface area contributed by atoms with Crippen LogP contribution >= 0.6 is 0 Å². The third-order valence-electron chi connectivity index (χ3n) is 5.85. The summed E-state index contributed by atoms with van der Waals surface area (Å²) >= 11 is 0. The lowest BCUT2D eigenvalue weighted by Crippen LogP contribution is -2.41. The maximum atomic E-state index is 13.0. The lowest BCUT2D eigenvalue weighted by molar-refractivity contribution is 0.0670. The van der Waals surface area contributed by atoms with Gasteiger partial charge in [0.25, 0.3) is 5.91 Å². The predicted octanol–water partition coefficient (Wildman–Crippen LogP) is 3.54. The Bertz CT molecular complexity index is 966. The fraction of sp³-hybridized carbons (Fsp3) is 0.304. The van der Waals surface area contributed by atoms with Gasteiger partial charge in [0, 0.05) is 30.1 Å². The minimum Gasteiger partial charge on any atom is -0.505 e. The number of amides is 1. The molecule has 1 fully saturated rings. The van der Waals surface area contributed by atoms with Gasteiger partial charge in [-0.2, -0.15) is 0 Å². The first-order valence-corrected chi connectivity index (χ1v) is 9.80. The Kier molecular flexibility index (Phi) is 5.26. The topological polar surface area (TPSA) is 79.5 Å². The second-order valence-electron chi connectivity index (χ2n) is 7.43. The minimum absolute atomic E-state index is 0.0330. The number of carbonyl (C=O) groups is 1. The molecule has 2 aromatic carbocycles. The van der Waals surface area contributed by atoms with E-state index in [4.69, 9.17) is 5.73 Å². The summed E-state index contributed by atoms with van der Waals surface area (Å²) in [6, 6.07) is 17.8. The highest BCUT2D eigenvalue weighted by Gasteiger charge is 2.30. The molecule has 1 amide bonds. The number of aromatic hydroxyl groups is 1. The molecule has 0 bridgehead atoms. The number of nitrogens with two attached hydrogens (primary N) is 1. The number of hydrogen-bond donors (Lipinski definition) is 2. The van der Waals surface area contributed by atoms with Crippen molar-refractivity contribution in [2.45, 2.75) is 18.8 Å². The van der Waals surface area contributed by atoms with E-state index in [0.29, 0.717) is 36.9 Å². The Morgan fingerprint density at radius 1 is 1.11 bits per heavy atom. The summed E-state index contributed by atoms with van der Waals surface area (Å²) < 4.78 is 0. The molecular weight excluding hydrogens is 350 g/mol. The first-order valence-electron chi connectivity index (χ1n) is 9.80. The summed E-state index contributed by atoms with van der Waals surface area (Å²) in [5.74, 6) is 0.528. The fourth-order valence-corrected chi connectivity index (χ4v) is 4.26. The quantitative estimate of drug-likeness (QED) is 0.731. The summed E-state index contributed by atoms with van der Waals surface area (Å²) in [5.41, 5.74) is 7.47. The highest BCUT2D eigenvalue weighted by atomic mass is 16.3. The molecule has 0 spiro atoms. The Morgan fingerprint density at radius 2 is 1.79 bits per heavy atom. The van der Waals surface area contributed by atoms with Gasteiger partial charge in [-0.15, -0.1) is 0 Å². The number of benzene rings is 2. The number of likely N-dealkylation sites (tertiary alicyclic amines) is 1. The molecule has 2 heterocycles. The molecule has 3 N–H and O–H groups in total. The fourth-order valence-electron chi connectivity index (χ4n) is 4.26. The number of fused-ring (bicyclic) bond motifs is 1. The molecule has 1 aliphatic heterocycles. The Hall–Kier alpha value is -2.92. The zero-order valence-corrected chi connectivity index (χ0v) is 15.8. The maximum absolute atomic E-state index is 13.0.